The number of hydrogen-bond acceptors (Lipinski definition) is 5. The summed E-state index contributed by atoms with van der Waals surface area (Å²) in [6, 6.07) is 13.5. The topological polar surface area (TPSA) is 94.0 Å². The molecule has 0 fully saturated rings. The summed E-state index contributed by atoms with van der Waals surface area (Å²) in [5, 5.41) is 6.20. The summed E-state index contributed by atoms with van der Waals surface area (Å²) in [7, 11) is -3.56. The molecule has 2 aromatic carbocycles. The van der Waals surface area contributed by atoms with Crippen molar-refractivity contribution in [1.29, 1.82) is 0 Å². The Labute approximate surface area is 158 Å². The highest BCUT2D eigenvalue weighted by Crippen LogP contribution is 2.22. The number of nitrogens with one attached hydrogen (secondary N) is 1. The molecule has 0 aliphatic rings. The summed E-state index contributed by atoms with van der Waals surface area (Å²) in [4.78, 5) is 16.6. The van der Waals surface area contributed by atoms with Crippen molar-refractivity contribution in [2.24, 2.45) is 0 Å². The SMILES string of the molecule is CC(C)S(=O)(=O)c1ccccc1C(=O)Nc1ccc(Cn2cncn2)cc1. The second-order valence-corrected chi connectivity index (χ2v) is 8.81. The zero-order chi connectivity index (χ0) is 19.4. The summed E-state index contributed by atoms with van der Waals surface area (Å²) in [6.45, 7) is 3.76. The lowest BCUT2D eigenvalue weighted by molar-refractivity contribution is 0.102. The third kappa shape index (κ3) is 4.22. The molecule has 3 aromatic rings. The minimum absolute atomic E-state index is 0.0419. The first-order chi connectivity index (χ1) is 12.9. The molecular weight excluding hydrogens is 364 g/mol. The maximum atomic E-state index is 12.6. The molecule has 0 bridgehead atoms. The Kier molecular flexibility index (Phi) is 5.36. The Morgan fingerprint density at radius 1 is 1.11 bits per heavy atom. The molecule has 7 nitrogen and oxygen atoms in total. The molecule has 0 atom stereocenters. The lowest BCUT2D eigenvalue weighted by Crippen LogP contribution is -2.20. The van der Waals surface area contributed by atoms with Gasteiger partial charge >= 0.3 is 0 Å². The van der Waals surface area contributed by atoms with Crippen LogP contribution >= 0.6 is 0 Å². The van der Waals surface area contributed by atoms with Gasteiger partial charge in [0.2, 0.25) is 0 Å². The van der Waals surface area contributed by atoms with Crippen molar-refractivity contribution in [1.82, 2.24) is 14.8 Å². The van der Waals surface area contributed by atoms with Crippen LogP contribution in [0.25, 0.3) is 0 Å². The van der Waals surface area contributed by atoms with Crippen LogP contribution in [0.1, 0.15) is 29.8 Å². The van der Waals surface area contributed by atoms with Crippen LogP contribution in [0.5, 0.6) is 0 Å². The lowest BCUT2D eigenvalue weighted by atomic mass is 10.2. The Morgan fingerprint density at radius 2 is 1.81 bits per heavy atom. The van der Waals surface area contributed by atoms with Gasteiger partial charge in [-0.2, -0.15) is 5.10 Å². The third-order valence-corrected chi connectivity index (χ3v) is 6.29. The van der Waals surface area contributed by atoms with E-state index in [1.807, 2.05) is 12.1 Å². The van der Waals surface area contributed by atoms with Crippen molar-refractivity contribution in [2.45, 2.75) is 30.5 Å². The van der Waals surface area contributed by atoms with Gasteiger partial charge in [0.25, 0.3) is 5.91 Å². The van der Waals surface area contributed by atoms with E-state index in [1.54, 1.807) is 49.1 Å². The third-order valence-electron chi connectivity index (χ3n) is 4.08. The number of carbonyl (C=O) groups excluding carboxylic acids is 1. The zero-order valence-corrected chi connectivity index (χ0v) is 15.8. The maximum Gasteiger partial charge on any atom is 0.256 e. The van der Waals surface area contributed by atoms with E-state index in [4.69, 9.17) is 0 Å². The first kappa shape index (κ1) is 18.8. The highest BCUT2D eigenvalue weighted by molar-refractivity contribution is 7.92. The van der Waals surface area contributed by atoms with Crippen molar-refractivity contribution in [3.8, 4) is 0 Å². The number of amides is 1. The van der Waals surface area contributed by atoms with E-state index in [9.17, 15) is 13.2 Å². The lowest BCUT2D eigenvalue weighted by Gasteiger charge is -2.13. The van der Waals surface area contributed by atoms with Crippen molar-refractivity contribution in [2.75, 3.05) is 5.32 Å². The quantitative estimate of drug-likeness (QED) is 0.705. The minimum atomic E-state index is -3.56. The normalized spacial score (nSPS) is 11.5. The molecule has 3 rings (SSSR count). The molecular formula is C19H20N4O3S. The number of anilines is 1. The molecule has 1 heterocycles. The monoisotopic (exact) mass is 384 g/mol. The Bertz CT molecular complexity index is 1030. The van der Waals surface area contributed by atoms with Crippen LogP contribution in [0.3, 0.4) is 0 Å². The number of carbonyl (C=O) groups is 1. The summed E-state index contributed by atoms with van der Waals surface area (Å²) < 4.78 is 26.7. The molecule has 8 heteroatoms. The number of hydrogen-bond donors (Lipinski definition) is 1. The van der Waals surface area contributed by atoms with Gasteiger partial charge in [0, 0.05) is 5.69 Å². The van der Waals surface area contributed by atoms with Gasteiger partial charge in [0.15, 0.2) is 9.84 Å². The maximum absolute atomic E-state index is 12.6. The molecule has 0 saturated carbocycles. The number of aromatic nitrogens is 3. The van der Waals surface area contributed by atoms with E-state index in [0.717, 1.165) is 5.56 Å². The van der Waals surface area contributed by atoms with Gasteiger partial charge < -0.3 is 5.32 Å². The van der Waals surface area contributed by atoms with E-state index >= 15 is 0 Å². The molecule has 0 radical (unpaired) electrons. The summed E-state index contributed by atoms with van der Waals surface area (Å²) in [6.07, 6.45) is 3.10. The fourth-order valence-corrected chi connectivity index (χ4v) is 3.79. The Balaban J connectivity index is 1.78. The number of nitrogens with zero attached hydrogens (tertiary/aromatic N) is 3. The van der Waals surface area contributed by atoms with E-state index in [0.29, 0.717) is 12.2 Å². The molecule has 1 N–H and O–H groups in total. The molecule has 140 valence electrons. The van der Waals surface area contributed by atoms with Crippen LogP contribution in [0, 0.1) is 0 Å². The Morgan fingerprint density at radius 3 is 2.44 bits per heavy atom. The van der Waals surface area contributed by atoms with Crippen LogP contribution < -0.4 is 5.32 Å². The first-order valence-corrected chi connectivity index (χ1v) is 9.98. The molecule has 1 aromatic heterocycles. The fourth-order valence-electron chi connectivity index (χ4n) is 2.55. The molecule has 1 amide bonds. The minimum Gasteiger partial charge on any atom is -0.322 e. The molecule has 0 aliphatic heterocycles. The van der Waals surface area contributed by atoms with Crippen LogP contribution in [-0.4, -0.2) is 34.3 Å². The Hall–Kier alpha value is -3.00. The standard InChI is InChI=1S/C19H20N4O3S/c1-14(2)27(25,26)18-6-4-3-5-17(18)19(24)22-16-9-7-15(8-10-16)11-23-13-20-12-21-23/h3-10,12-14H,11H2,1-2H3,(H,22,24). The van der Waals surface area contributed by atoms with Crippen LogP contribution in [0.4, 0.5) is 5.69 Å². The second-order valence-electron chi connectivity index (χ2n) is 6.33. The number of benzene rings is 2. The van der Waals surface area contributed by atoms with Crippen LogP contribution in [0.15, 0.2) is 66.1 Å². The highest BCUT2D eigenvalue weighted by atomic mass is 32.2. The van der Waals surface area contributed by atoms with Gasteiger partial charge in [-0.3, -0.25) is 4.79 Å². The summed E-state index contributed by atoms with van der Waals surface area (Å²) in [5.41, 5.74) is 1.72. The van der Waals surface area contributed by atoms with Gasteiger partial charge in [-0.05, 0) is 43.7 Å². The molecule has 0 spiro atoms. The molecule has 0 unspecified atom stereocenters. The molecule has 0 aliphatic carbocycles. The average molecular weight is 384 g/mol. The summed E-state index contributed by atoms with van der Waals surface area (Å²) in [5.74, 6) is -0.459. The smallest absolute Gasteiger partial charge is 0.256 e. The van der Waals surface area contributed by atoms with Gasteiger partial charge in [-0.15, -0.1) is 0 Å². The van der Waals surface area contributed by atoms with Crippen molar-refractivity contribution in [3.05, 3.63) is 72.3 Å². The van der Waals surface area contributed by atoms with Gasteiger partial charge in [0.1, 0.15) is 12.7 Å². The number of sulfone groups is 1. The average Bonchev–Trinajstić information content (AvgIpc) is 3.16. The predicted octanol–water partition coefficient (Wildman–Crippen LogP) is 2.76. The molecule has 27 heavy (non-hydrogen) atoms. The van der Waals surface area contributed by atoms with Gasteiger partial charge in [0.05, 0.1) is 22.3 Å². The van der Waals surface area contributed by atoms with Gasteiger partial charge in [-0.1, -0.05) is 24.3 Å². The fraction of sp³-hybridized carbons (Fsp3) is 0.211. The second kappa shape index (κ2) is 7.71. The van der Waals surface area contributed by atoms with Gasteiger partial charge in [-0.25, -0.2) is 18.1 Å². The van der Waals surface area contributed by atoms with E-state index in [2.05, 4.69) is 15.4 Å². The highest BCUT2D eigenvalue weighted by Gasteiger charge is 2.25. The largest absolute Gasteiger partial charge is 0.322 e. The van der Waals surface area contributed by atoms with Crippen LogP contribution in [0.2, 0.25) is 0 Å². The van der Waals surface area contributed by atoms with E-state index in [-0.39, 0.29) is 10.5 Å². The van der Waals surface area contributed by atoms with Crippen LogP contribution in [-0.2, 0) is 16.4 Å². The zero-order valence-electron chi connectivity index (χ0n) is 15.0. The van der Waals surface area contributed by atoms with Crippen molar-refractivity contribution in [3.63, 3.8) is 0 Å². The summed E-state index contributed by atoms with van der Waals surface area (Å²) >= 11 is 0. The van der Waals surface area contributed by atoms with E-state index in [1.165, 1.54) is 18.5 Å². The predicted molar refractivity (Wildman–Crippen MR) is 102 cm³/mol. The van der Waals surface area contributed by atoms with Crippen molar-refractivity contribution < 1.29 is 13.2 Å². The van der Waals surface area contributed by atoms with Crippen molar-refractivity contribution >= 4 is 21.4 Å². The molecule has 0 saturated heterocycles. The number of rotatable bonds is 6. The van der Waals surface area contributed by atoms with E-state index < -0.39 is 21.0 Å². The first-order valence-electron chi connectivity index (χ1n) is 8.43.